The Labute approximate surface area is 123 Å². The maximum atomic E-state index is 13.9. The van der Waals surface area contributed by atoms with E-state index >= 15 is 0 Å². The van der Waals surface area contributed by atoms with Crippen LogP contribution in [-0.4, -0.2) is 35.9 Å². The van der Waals surface area contributed by atoms with Gasteiger partial charge >= 0.3 is 5.97 Å². The number of benzene rings is 1. The first kappa shape index (κ1) is 17.3. The molecule has 0 aliphatic rings. The van der Waals surface area contributed by atoms with Crippen molar-refractivity contribution in [3.63, 3.8) is 0 Å². The monoisotopic (exact) mass is 315 g/mol. The molecule has 0 aromatic heterocycles. The van der Waals surface area contributed by atoms with Crippen LogP contribution in [0.4, 0.5) is 4.39 Å². The predicted molar refractivity (Wildman–Crippen MR) is 77.2 cm³/mol. The molecule has 1 N–H and O–H groups in total. The van der Waals surface area contributed by atoms with Gasteiger partial charge in [-0.25, -0.2) is 17.6 Å². The van der Waals surface area contributed by atoms with Crippen LogP contribution in [-0.2, 0) is 10.0 Å². The largest absolute Gasteiger partial charge is 0.478 e. The molecule has 0 unspecified atom stereocenters. The number of carboxylic acids is 1. The van der Waals surface area contributed by atoms with Crippen LogP contribution >= 0.6 is 0 Å². The quantitative estimate of drug-likeness (QED) is 0.847. The van der Waals surface area contributed by atoms with Crippen LogP contribution in [0.3, 0.4) is 0 Å². The van der Waals surface area contributed by atoms with Crippen LogP contribution in [0, 0.1) is 5.82 Å². The summed E-state index contributed by atoms with van der Waals surface area (Å²) in [6.07, 6.45) is 1.39. The normalized spacial score (nSPS) is 12.4. The van der Waals surface area contributed by atoms with Crippen molar-refractivity contribution in [1.82, 2.24) is 4.31 Å². The Bertz CT molecular complexity index is 662. The Morgan fingerprint density at radius 2 is 2.00 bits per heavy atom. The molecule has 0 aliphatic heterocycles. The standard InChI is InChI=1S/C14H18FNO4S/c1-5-8-16(14(2,3)4)21(19,20)12-9-10(13(17)18)6-7-11(12)15/h5-7,9H,1,8H2,2-4H3,(H,17,18). The molecule has 0 spiro atoms. The summed E-state index contributed by atoms with van der Waals surface area (Å²) in [7, 11) is -4.18. The second kappa shape index (κ2) is 5.95. The average Bonchev–Trinajstić information content (AvgIpc) is 2.34. The first-order valence-electron chi connectivity index (χ1n) is 6.18. The molecule has 21 heavy (non-hydrogen) atoms. The first-order valence-corrected chi connectivity index (χ1v) is 7.62. The van der Waals surface area contributed by atoms with Gasteiger partial charge in [0.15, 0.2) is 0 Å². The Balaban J connectivity index is 3.51. The number of carbonyl (C=O) groups is 1. The minimum absolute atomic E-state index is 0.0113. The highest BCUT2D eigenvalue weighted by molar-refractivity contribution is 7.89. The van der Waals surface area contributed by atoms with E-state index in [1.54, 1.807) is 20.8 Å². The molecule has 0 heterocycles. The summed E-state index contributed by atoms with van der Waals surface area (Å²) >= 11 is 0. The summed E-state index contributed by atoms with van der Waals surface area (Å²) in [6, 6.07) is 2.69. The molecule has 1 aromatic rings. The zero-order valence-corrected chi connectivity index (χ0v) is 12.9. The minimum Gasteiger partial charge on any atom is -0.478 e. The molecule has 0 aliphatic carbocycles. The zero-order valence-electron chi connectivity index (χ0n) is 12.1. The Hall–Kier alpha value is -1.73. The van der Waals surface area contributed by atoms with Gasteiger partial charge in [0, 0.05) is 12.1 Å². The summed E-state index contributed by atoms with van der Waals surface area (Å²) in [5, 5.41) is 8.92. The van der Waals surface area contributed by atoms with E-state index in [1.165, 1.54) is 6.08 Å². The molecule has 0 atom stereocenters. The van der Waals surface area contributed by atoms with Crippen molar-refractivity contribution < 1.29 is 22.7 Å². The second-order valence-corrected chi connectivity index (χ2v) is 7.28. The lowest BCUT2D eigenvalue weighted by molar-refractivity contribution is 0.0696. The summed E-state index contributed by atoms with van der Waals surface area (Å²) in [5.41, 5.74) is -1.10. The number of rotatable bonds is 5. The van der Waals surface area contributed by atoms with E-state index in [2.05, 4.69) is 6.58 Å². The van der Waals surface area contributed by atoms with Crippen LogP contribution in [0.25, 0.3) is 0 Å². The van der Waals surface area contributed by atoms with Crippen LogP contribution in [0.2, 0.25) is 0 Å². The molecular formula is C14H18FNO4S. The number of halogens is 1. The topological polar surface area (TPSA) is 74.7 Å². The third kappa shape index (κ3) is 3.68. The van der Waals surface area contributed by atoms with E-state index in [-0.39, 0.29) is 12.1 Å². The molecule has 1 rings (SSSR count). The molecule has 7 heteroatoms. The van der Waals surface area contributed by atoms with Gasteiger partial charge in [-0.1, -0.05) is 6.08 Å². The van der Waals surface area contributed by atoms with Gasteiger partial charge in [-0.2, -0.15) is 4.31 Å². The maximum absolute atomic E-state index is 13.9. The molecule has 5 nitrogen and oxygen atoms in total. The number of carboxylic acid groups (broad SMARTS) is 1. The number of aromatic carboxylic acids is 1. The van der Waals surface area contributed by atoms with Crippen molar-refractivity contribution in [2.45, 2.75) is 31.2 Å². The van der Waals surface area contributed by atoms with Gasteiger partial charge in [-0.05, 0) is 39.0 Å². The Morgan fingerprint density at radius 3 is 2.43 bits per heavy atom. The Morgan fingerprint density at radius 1 is 1.43 bits per heavy atom. The summed E-state index contributed by atoms with van der Waals surface area (Å²) in [5.74, 6) is -2.31. The zero-order chi connectivity index (χ0) is 16.4. The van der Waals surface area contributed by atoms with E-state index < -0.39 is 32.2 Å². The van der Waals surface area contributed by atoms with E-state index in [0.717, 1.165) is 22.5 Å². The molecule has 0 bridgehead atoms. The molecule has 0 fully saturated rings. The van der Waals surface area contributed by atoms with E-state index in [0.29, 0.717) is 0 Å². The van der Waals surface area contributed by atoms with Gasteiger partial charge in [-0.3, -0.25) is 0 Å². The lowest BCUT2D eigenvalue weighted by Gasteiger charge is -2.33. The SMILES string of the molecule is C=CCN(C(C)(C)C)S(=O)(=O)c1cc(C(=O)O)ccc1F. The Kier molecular flexibility index (Phi) is 4.91. The average molecular weight is 315 g/mol. The van der Waals surface area contributed by atoms with Crippen molar-refractivity contribution in [1.29, 1.82) is 0 Å². The maximum Gasteiger partial charge on any atom is 0.335 e. The third-order valence-electron chi connectivity index (χ3n) is 2.79. The van der Waals surface area contributed by atoms with Crippen LogP contribution < -0.4 is 0 Å². The predicted octanol–water partition coefficient (Wildman–Crippen LogP) is 2.50. The fourth-order valence-electron chi connectivity index (χ4n) is 1.80. The van der Waals surface area contributed by atoms with Crippen LogP contribution in [0.15, 0.2) is 35.7 Å². The first-order chi connectivity index (χ1) is 9.51. The molecular weight excluding hydrogens is 297 g/mol. The molecule has 0 amide bonds. The second-order valence-electron chi connectivity index (χ2n) is 5.45. The fourth-order valence-corrected chi connectivity index (χ4v) is 3.65. The van der Waals surface area contributed by atoms with Crippen molar-refractivity contribution in [3.8, 4) is 0 Å². The van der Waals surface area contributed by atoms with Gasteiger partial charge < -0.3 is 5.11 Å². The van der Waals surface area contributed by atoms with Gasteiger partial charge in [0.25, 0.3) is 0 Å². The number of sulfonamides is 1. The van der Waals surface area contributed by atoms with Gasteiger partial charge in [0.2, 0.25) is 10.0 Å². The van der Waals surface area contributed by atoms with E-state index in [9.17, 15) is 17.6 Å². The summed E-state index contributed by atoms with van der Waals surface area (Å²) < 4.78 is 40.2. The number of hydrogen-bond donors (Lipinski definition) is 1. The van der Waals surface area contributed by atoms with Gasteiger partial charge in [-0.15, -0.1) is 6.58 Å². The van der Waals surface area contributed by atoms with Crippen molar-refractivity contribution >= 4 is 16.0 Å². The van der Waals surface area contributed by atoms with Crippen LogP contribution in [0.5, 0.6) is 0 Å². The lowest BCUT2D eigenvalue weighted by Crippen LogP contribution is -2.45. The molecule has 1 aromatic carbocycles. The molecule has 0 radical (unpaired) electrons. The van der Waals surface area contributed by atoms with Gasteiger partial charge in [0.05, 0.1) is 5.56 Å². The highest BCUT2D eigenvalue weighted by Gasteiger charge is 2.35. The van der Waals surface area contributed by atoms with Crippen molar-refractivity contribution in [2.75, 3.05) is 6.54 Å². The highest BCUT2D eigenvalue weighted by Crippen LogP contribution is 2.26. The summed E-state index contributed by atoms with van der Waals surface area (Å²) in [4.78, 5) is 10.3. The highest BCUT2D eigenvalue weighted by atomic mass is 32.2. The van der Waals surface area contributed by atoms with Crippen molar-refractivity contribution in [3.05, 3.63) is 42.2 Å². The van der Waals surface area contributed by atoms with E-state index in [1.807, 2.05) is 0 Å². The number of nitrogens with zero attached hydrogens (tertiary/aromatic N) is 1. The fraction of sp³-hybridized carbons (Fsp3) is 0.357. The smallest absolute Gasteiger partial charge is 0.335 e. The molecule has 0 saturated heterocycles. The van der Waals surface area contributed by atoms with Gasteiger partial charge in [0.1, 0.15) is 10.7 Å². The molecule has 116 valence electrons. The minimum atomic E-state index is -4.18. The lowest BCUT2D eigenvalue weighted by atomic mass is 10.1. The summed E-state index contributed by atoms with van der Waals surface area (Å²) in [6.45, 7) is 8.46. The third-order valence-corrected chi connectivity index (χ3v) is 4.94. The van der Waals surface area contributed by atoms with E-state index in [4.69, 9.17) is 5.11 Å². The number of hydrogen-bond acceptors (Lipinski definition) is 3. The molecule has 0 saturated carbocycles. The van der Waals surface area contributed by atoms with Crippen LogP contribution in [0.1, 0.15) is 31.1 Å². The van der Waals surface area contributed by atoms with Crippen molar-refractivity contribution in [2.24, 2.45) is 0 Å².